The first-order valence-electron chi connectivity index (χ1n) is 4.04. The monoisotopic (exact) mass is 227 g/mol. The van der Waals surface area contributed by atoms with E-state index in [1.165, 1.54) is 5.56 Å². The third kappa shape index (κ3) is 2.31. The first kappa shape index (κ1) is 9.72. The topological polar surface area (TPSA) is 12.9 Å². The summed E-state index contributed by atoms with van der Waals surface area (Å²) in [6, 6.07) is 4.21. The molecule has 1 aromatic rings. The summed E-state index contributed by atoms with van der Waals surface area (Å²) >= 11 is 3.39. The third-order valence-corrected chi connectivity index (χ3v) is 2.19. The van der Waals surface area contributed by atoms with E-state index in [4.69, 9.17) is 0 Å². The maximum Gasteiger partial charge on any atom is 0.106 e. The second-order valence-electron chi connectivity index (χ2n) is 4.07. The van der Waals surface area contributed by atoms with Crippen LogP contribution in [0.1, 0.15) is 32.0 Å². The van der Waals surface area contributed by atoms with Gasteiger partial charge < -0.3 is 0 Å². The van der Waals surface area contributed by atoms with E-state index in [1.54, 1.807) is 0 Å². The molecule has 66 valence electrons. The van der Waals surface area contributed by atoms with Gasteiger partial charge in [0.25, 0.3) is 0 Å². The average Bonchev–Trinajstić information content (AvgIpc) is 1.82. The Kier molecular flexibility index (Phi) is 2.57. The molecule has 0 saturated carbocycles. The molecule has 1 aromatic heterocycles. The summed E-state index contributed by atoms with van der Waals surface area (Å²) in [5.74, 6) is 0. The van der Waals surface area contributed by atoms with E-state index >= 15 is 0 Å². The van der Waals surface area contributed by atoms with Gasteiger partial charge in [-0.05, 0) is 46.0 Å². The molecular formula is C10H14BrN. The van der Waals surface area contributed by atoms with Crippen LogP contribution < -0.4 is 0 Å². The van der Waals surface area contributed by atoms with Crippen LogP contribution in [0.25, 0.3) is 0 Å². The van der Waals surface area contributed by atoms with E-state index in [1.807, 2.05) is 6.92 Å². The smallest absolute Gasteiger partial charge is 0.106 e. The van der Waals surface area contributed by atoms with Crippen molar-refractivity contribution in [3.8, 4) is 0 Å². The molecule has 0 atom stereocenters. The van der Waals surface area contributed by atoms with Crippen molar-refractivity contribution in [2.75, 3.05) is 0 Å². The Morgan fingerprint density at radius 1 is 1.25 bits per heavy atom. The number of rotatable bonds is 0. The average molecular weight is 228 g/mol. The normalized spacial score (nSPS) is 11.8. The fourth-order valence-electron chi connectivity index (χ4n) is 1.06. The highest BCUT2D eigenvalue weighted by molar-refractivity contribution is 9.10. The van der Waals surface area contributed by atoms with Gasteiger partial charge in [-0.1, -0.05) is 20.8 Å². The van der Waals surface area contributed by atoms with Gasteiger partial charge in [-0.15, -0.1) is 0 Å². The maximum atomic E-state index is 4.26. The van der Waals surface area contributed by atoms with Crippen molar-refractivity contribution in [3.63, 3.8) is 0 Å². The Labute approximate surface area is 82.3 Å². The number of pyridine rings is 1. The van der Waals surface area contributed by atoms with Crippen LogP contribution in [-0.4, -0.2) is 4.98 Å². The first-order chi connectivity index (χ1) is 5.39. The zero-order valence-electron chi connectivity index (χ0n) is 7.98. The first-order valence-corrected chi connectivity index (χ1v) is 4.83. The van der Waals surface area contributed by atoms with Gasteiger partial charge in [0, 0.05) is 5.69 Å². The number of hydrogen-bond acceptors (Lipinski definition) is 1. The lowest BCUT2D eigenvalue weighted by Crippen LogP contribution is -2.11. The third-order valence-electron chi connectivity index (χ3n) is 1.79. The molecule has 0 amide bonds. The molecule has 0 aromatic carbocycles. The second kappa shape index (κ2) is 3.17. The molecule has 12 heavy (non-hydrogen) atoms. The van der Waals surface area contributed by atoms with Crippen molar-refractivity contribution in [3.05, 3.63) is 28.0 Å². The molecule has 0 aliphatic rings. The number of hydrogen-bond donors (Lipinski definition) is 0. The lowest BCUT2D eigenvalue weighted by molar-refractivity contribution is 0.588. The predicted molar refractivity (Wildman–Crippen MR) is 55.4 cm³/mol. The molecule has 0 N–H and O–H groups in total. The molecule has 2 heteroatoms. The largest absolute Gasteiger partial charge is 0.246 e. The Bertz CT molecular complexity index is 266. The lowest BCUT2D eigenvalue weighted by Gasteiger charge is -2.19. The summed E-state index contributed by atoms with van der Waals surface area (Å²) < 4.78 is 0.924. The molecular weight excluding hydrogens is 214 g/mol. The van der Waals surface area contributed by atoms with Crippen LogP contribution >= 0.6 is 15.9 Å². The van der Waals surface area contributed by atoms with Crippen LogP contribution in [0.4, 0.5) is 0 Å². The van der Waals surface area contributed by atoms with E-state index < -0.39 is 0 Å². The van der Waals surface area contributed by atoms with Gasteiger partial charge in [0.1, 0.15) is 4.60 Å². The fourth-order valence-corrected chi connectivity index (χ4v) is 1.59. The Hall–Kier alpha value is -0.370. The molecule has 1 heterocycles. The van der Waals surface area contributed by atoms with Gasteiger partial charge in [0.2, 0.25) is 0 Å². The molecule has 0 bridgehead atoms. The molecule has 0 radical (unpaired) electrons. The summed E-state index contributed by atoms with van der Waals surface area (Å²) in [7, 11) is 0. The lowest BCUT2D eigenvalue weighted by atomic mass is 9.87. The van der Waals surface area contributed by atoms with Crippen molar-refractivity contribution in [2.45, 2.75) is 33.1 Å². The standard InChI is InChI=1S/C10H14BrN/c1-7-5-8(10(2,3)4)6-9(11)12-7/h5-6H,1-4H3. The fraction of sp³-hybridized carbons (Fsp3) is 0.500. The van der Waals surface area contributed by atoms with E-state index in [-0.39, 0.29) is 5.41 Å². The molecule has 0 saturated heterocycles. The summed E-state index contributed by atoms with van der Waals surface area (Å²) in [4.78, 5) is 4.26. The van der Waals surface area contributed by atoms with Crippen molar-refractivity contribution in [1.82, 2.24) is 4.98 Å². The number of nitrogens with zero attached hydrogens (tertiary/aromatic N) is 1. The van der Waals surface area contributed by atoms with Crippen LogP contribution in [0.15, 0.2) is 16.7 Å². The molecule has 0 aliphatic heterocycles. The minimum Gasteiger partial charge on any atom is -0.246 e. The van der Waals surface area contributed by atoms with Gasteiger partial charge in [-0.3, -0.25) is 0 Å². The summed E-state index contributed by atoms with van der Waals surface area (Å²) in [6.45, 7) is 8.62. The van der Waals surface area contributed by atoms with Crippen LogP contribution in [0, 0.1) is 6.92 Å². The maximum absolute atomic E-state index is 4.26. The minimum absolute atomic E-state index is 0.205. The van der Waals surface area contributed by atoms with Gasteiger partial charge in [-0.2, -0.15) is 0 Å². The zero-order chi connectivity index (χ0) is 9.35. The second-order valence-corrected chi connectivity index (χ2v) is 4.88. The minimum atomic E-state index is 0.205. The highest BCUT2D eigenvalue weighted by Crippen LogP contribution is 2.24. The molecule has 1 rings (SSSR count). The van der Waals surface area contributed by atoms with Gasteiger partial charge in [-0.25, -0.2) is 4.98 Å². The molecule has 0 fully saturated rings. The van der Waals surface area contributed by atoms with Crippen LogP contribution in [-0.2, 0) is 5.41 Å². The molecule has 0 aliphatic carbocycles. The van der Waals surface area contributed by atoms with Gasteiger partial charge in [0.05, 0.1) is 0 Å². The van der Waals surface area contributed by atoms with E-state index in [2.05, 4.69) is 53.8 Å². The zero-order valence-corrected chi connectivity index (χ0v) is 9.57. The van der Waals surface area contributed by atoms with E-state index in [9.17, 15) is 0 Å². The van der Waals surface area contributed by atoms with Gasteiger partial charge >= 0.3 is 0 Å². The van der Waals surface area contributed by atoms with Crippen molar-refractivity contribution in [2.24, 2.45) is 0 Å². The Morgan fingerprint density at radius 3 is 2.25 bits per heavy atom. The van der Waals surface area contributed by atoms with Crippen LogP contribution in [0.5, 0.6) is 0 Å². The Balaban J connectivity index is 3.18. The van der Waals surface area contributed by atoms with Gasteiger partial charge in [0.15, 0.2) is 0 Å². The highest BCUT2D eigenvalue weighted by Gasteiger charge is 2.14. The van der Waals surface area contributed by atoms with E-state index in [0.29, 0.717) is 0 Å². The molecule has 1 nitrogen and oxygen atoms in total. The SMILES string of the molecule is Cc1cc(C(C)(C)C)cc(Br)n1. The molecule has 0 spiro atoms. The molecule has 0 unspecified atom stereocenters. The summed E-state index contributed by atoms with van der Waals surface area (Å²) in [6.07, 6.45) is 0. The number of halogens is 1. The van der Waals surface area contributed by atoms with Crippen LogP contribution in [0.3, 0.4) is 0 Å². The highest BCUT2D eigenvalue weighted by atomic mass is 79.9. The van der Waals surface area contributed by atoms with Crippen molar-refractivity contribution >= 4 is 15.9 Å². The van der Waals surface area contributed by atoms with E-state index in [0.717, 1.165) is 10.3 Å². The number of aryl methyl sites for hydroxylation is 1. The summed E-state index contributed by atoms with van der Waals surface area (Å²) in [5.41, 5.74) is 2.59. The summed E-state index contributed by atoms with van der Waals surface area (Å²) in [5, 5.41) is 0. The predicted octanol–water partition coefficient (Wildman–Crippen LogP) is 3.45. The van der Waals surface area contributed by atoms with Crippen molar-refractivity contribution < 1.29 is 0 Å². The van der Waals surface area contributed by atoms with Crippen LogP contribution in [0.2, 0.25) is 0 Å². The number of aromatic nitrogens is 1. The van der Waals surface area contributed by atoms with Crippen molar-refractivity contribution in [1.29, 1.82) is 0 Å². The quantitative estimate of drug-likeness (QED) is 0.619. The Morgan fingerprint density at radius 2 is 1.83 bits per heavy atom.